The van der Waals surface area contributed by atoms with Crippen LogP contribution >= 0.6 is 0 Å². The molecule has 0 amide bonds. The van der Waals surface area contributed by atoms with Crippen LogP contribution in [0.15, 0.2) is 0 Å². The Labute approximate surface area is 47.2 Å². The lowest BCUT2D eigenvalue weighted by molar-refractivity contribution is -0.0428. The van der Waals surface area contributed by atoms with Crippen LogP contribution in [0.25, 0.3) is 0 Å². The first-order valence-corrected chi connectivity index (χ1v) is 2.14. The summed E-state index contributed by atoms with van der Waals surface area (Å²) in [5.41, 5.74) is 0. The summed E-state index contributed by atoms with van der Waals surface area (Å²) in [6.07, 6.45) is 0. The van der Waals surface area contributed by atoms with E-state index < -0.39 is 0 Å². The Morgan fingerprint density at radius 2 is 1.88 bits per heavy atom. The lowest BCUT2D eigenvalue weighted by atomic mass is 10.6. The third-order valence-corrected chi connectivity index (χ3v) is 0.606. The van der Waals surface area contributed by atoms with Gasteiger partial charge < -0.3 is 20.7 Å². The van der Waals surface area contributed by atoms with Gasteiger partial charge in [0.25, 0.3) is 0 Å². The average Bonchev–Trinajstić information content (AvgIpc) is 1.61. The van der Waals surface area contributed by atoms with Crippen molar-refractivity contribution < 1.29 is 5.21 Å². The fourth-order valence-corrected chi connectivity index (χ4v) is 0.226. The predicted octanol–water partition coefficient (Wildman–Crippen LogP) is -0.395. The van der Waals surface area contributed by atoms with Crippen molar-refractivity contribution in [1.29, 1.82) is 0 Å². The molecule has 0 aliphatic heterocycles. The van der Waals surface area contributed by atoms with E-state index in [1.165, 1.54) is 7.05 Å². The van der Waals surface area contributed by atoms with Crippen LogP contribution in [0.3, 0.4) is 0 Å². The number of nitrogens with zero attached hydrogens (tertiary/aromatic N) is 2. The average molecular weight is 120 g/mol. The zero-order chi connectivity index (χ0) is 6.57. The predicted molar refractivity (Wildman–Crippen MR) is 27.9 cm³/mol. The Morgan fingerprint density at radius 1 is 1.38 bits per heavy atom. The van der Waals surface area contributed by atoms with Crippen LogP contribution in [0, 0.1) is 10.4 Å². The molecule has 0 unspecified atom stereocenters. The van der Waals surface area contributed by atoms with Gasteiger partial charge in [0.1, 0.15) is 0 Å². The van der Waals surface area contributed by atoms with Crippen LogP contribution in [0.1, 0.15) is 0 Å². The second-order valence-electron chi connectivity index (χ2n) is 1.43. The highest BCUT2D eigenvalue weighted by Gasteiger charge is 1.82. The second-order valence-corrected chi connectivity index (χ2v) is 1.43. The number of likely N-dealkylation sites (N-methyl/N-ethyl adjacent to an activating group) is 1. The van der Waals surface area contributed by atoms with Crippen LogP contribution in [-0.4, -0.2) is 35.6 Å². The molecule has 0 aliphatic rings. The lowest BCUT2D eigenvalue weighted by Gasteiger charge is -2.26. The maximum atomic E-state index is 9.99. The topological polar surface area (TPSA) is 72.8 Å². The molecule has 0 rings (SSSR count). The summed E-state index contributed by atoms with van der Waals surface area (Å²) in [6.45, 7) is -0.139. The maximum absolute atomic E-state index is 9.99. The van der Waals surface area contributed by atoms with Crippen molar-refractivity contribution in [2.24, 2.45) is 0 Å². The minimum atomic E-state index is -0.269. The lowest BCUT2D eigenvalue weighted by Crippen LogP contribution is -2.23. The molecule has 0 aliphatic carbocycles. The molecule has 0 radical (unpaired) electrons. The van der Waals surface area contributed by atoms with Crippen LogP contribution in [0.4, 0.5) is 0 Å². The van der Waals surface area contributed by atoms with E-state index in [-0.39, 0.29) is 18.3 Å². The minimum absolute atomic E-state index is 0.0278. The summed E-state index contributed by atoms with van der Waals surface area (Å²) in [5, 5.41) is 27.9. The van der Waals surface area contributed by atoms with Gasteiger partial charge in [-0.2, -0.15) is 0 Å². The zero-order valence-corrected chi connectivity index (χ0v) is 4.57. The first kappa shape index (κ1) is 7.80. The smallest absolute Gasteiger partial charge is 0.0222 e. The fraction of sp³-hybridized carbons (Fsp3) is 1.00. The molecule has 0 bridgehead atoms. The van der Waals surface area contributed by atoms with E-state index in [1.54, 1.807) is 0 Å². The number of hydroxylamine groups is 4. The summed E-state index contributed by atoms with van der Waals surface area (Å²) in [7, 11) is 1.28. The Morgan fingerprint density at radius 3 is 2.00 bits per heavy atom. The molecule has 5 heteroatoms. The number of hydrogen-bond donors (Lipinski definition) is 1. The van der Waals surface area contributed by atoms with Gasteiger partial charge in [0, 0.05) is 6.54 Å². The van der Waals surface area contributed by atoms with Crippen LogP contribution in [0.5, 0.6) is 0 Å². The highest BCUT2D eigenvalue weighted by Crippen LogP contribution is 1.78. The summed E-state index contributed by atoms with van der Waals surface area (Å²) >= 11 is 0. The van der Waals surface area contributed by atoms with E-state index in [9.17, 15) is 10.4 Å². The van der Waals surface area contributed by atoms with E-state index >= 15 is 0 Å². The quantitative estimate of drug-likeness (QED) is 0.513. The van der Waals surface area contributed by atoms with Crippen LogP contribution in [0.2, 0.25) is 0 Å². The number of rotatable bonds is 3. The van der Waals surface area contributed by atoms with Gasteiger partial charge in [0.2, 0.25) is 0 Å². The first-order chi connectivity index (χ1) is 3.63. The first-order valence-electron chi connectivity index (χ1n) is 2.14. The summed E-state index contributed by atoms with van der Waals surface area (Å²) < 4.78 is 0. The highest BCUT2D eigenvalue weighted by molar-refractivity contribution is 4.51. The molecule has 5 nitrogen and oxygen atoms in total. The molecule has 0 aromatic rings. The zero-order valence-electron chi connectivity index (χ0n) is 4.57. The molecule has 0 aromatic heterocycles. The fourth-order valence-electron chi connectivity index (χ4n) is 0.226. The van der Waals surface area contributed by atoms with Gasteiger partial charge in [0.05, 0.1) is 0 Å². The molecule has 0 fully saturated rings. The Hall–Kier alpha value is -0.200. The van der Waals surface area contributed by atoms with E-state index in [2.05, 4.69) is 0 Å². The van der Waals surface area contributed by atoms with E-state index in [4.69, 9.17) is 5.21 Å². The van der Waals surface area contributed by atoms with Crippen molar-refractivity contribution in [3.63, 3.8) is 0 Å². The molecule has 0 heterocycles. The highest BCUT2D eigenvalue weighted by atomic mass is 16.8. The van der Waals surface area contributed by atoms with Gasteiger partial charge in [-0.1, -0.05) is 0 Å². The molecule has 0 atom stereocenters. The Bertz CT molecular complexity index is 48.5. The Balaban J connectivity index is 2.93. The van der Waals surface area contributed by atoms with Gasteiger partial charge >= 0.3 is 0 Å². The standard InChI is InChI=1S/C3H8N2O3/c1-4(6)2-3-5(7)8/h7H,2-3H2,1H3/q-2. The molecule has 8 heavy (non-hydrogen) atoms. The largest absolute Gasteiger partial charge is 0.785 e. The van der Waals surface area contributed by atoms with Gasteiger partial charge in [-0.05, 0) is 13.6 Å². The molecule has 0 aromatic carbocycles. The van der Waals surface area contributed by atoms with Crippen molar-refractivity contribution in [2.75, 3.05) is 20.1 Å². The second kappa shape index (κ2) is 3.76. The third kappa shape index (κ3) is 5.80. The van der Waals surface area contributed by atoms with Crippen molar-refractivity contribution in [2.45, 2.75) is 0 Å². The third-order valence-electron chi connectivity index (χ3n) is 0.606. The van der Waals surface area contributed by atoms with E-state index in [0.29, 0.717) is 5.06 Å². The van der Waals surface area contributed by atoms with Crippen molar-refractivity contribution >= 4 is 0 Å². The van der Waals surface area contributed by atoms with Gasteiger partial charge in [-0.25, -0.2) is 0 Å². The number of hydrogen-bond acceptors (Lipinski definition) is 5. The van der Waals surface area contributed by atoms with Crippen molar-refractivity contribution in [3.05, 3.63) is 10.4 Å². The van der Waals surface area contributed by atoms with Gasteiger partial charge in [-0.15, -0.1) is 0 Å². The summed E-state index contributed by atoms with van der Waals surface area (Å²) in [5.74, 6) is 0. The molecule has 50 valence electrons. The van der Waals surface area contributed by atoms with Gasteiger partial charge in [0.15, 0.2) is 0 Å². The molecular weight excluding hydrogens is 112 g/mol. The maximum Gasteiger partial charge on any atom is 0.0222 e. The molecule has 0 saturated carbocycles. The van der Waals surface area contributed by atoms with Crippen LogP contribution < -0.4 is 0 Å². The van der Waals surface area contributed by atoms with Gasteiger partial charge in [-0.3, -0.25) is 5.23 Å². The van der Waals surface area contributed by atoms with Crippen LogP contribution in [-0.2, 0) is 0 Å². The Kier molecular flexibility index (Phi) is 3.67. The van der Waals surface area contributed by atoms with Crippen molar-refractivity contribution in [3.8, 4) is 0 Å². The summed E-state index contributed by atoms with van der Waals surface area (Å²) in [6, 6.07) is 0. The monoisotopic (exact) mass is 120 g/mol. The van der Waals surface area contributed by atoms with E-state index in [1.807, 2.05) is 0 Å². The molecule has 0 saturated heterocycles. The minimum Gasteiger partial charge on any atom is -0.785 e. The molecule has 0 spiro atoms. The SMILES string of the molecule is CN([O-])CCN([O-])O. The van der Waals surface area contributed by atoms with E-state index in [0.717, 1.165) is 0 Å². The summed E-state index contributed by atoms with van der Waals surface area (Å²) in [4.78, 5) is 0. The molecular formula is C3H8N2O3-2. The molecule has 1 N–H and O–H groups in total. The normalized spacial score (nSPS) is 11.2. The van der Waals surface area contributed by atoms with Crippen molar-refractivity contribution in [1.82, 2.24) is 10.3 Å².